The highest BCUT2D eigenvalue weighted by molar-refractivity contribution is 7.15. The zero-order valence-electron chi connectivity index (χ0n) is 13.8. The molecule has 124 valence electrons. The molecule has 24 heavy (non-hydrogen) atoms. The minimum absolute atomic E-state index is 0.157. The van der Waals surface area contributed by atoms with Gasteiger partial charge in [-0.15, -0.1) is 10.2 Å². The first kappa shape index (κ1) is 16.4. The maximum atomic E-state index is 12.4. The van der Waals surface area contributed by atoms with Gasteiger partial charge in [0.05, 0.1) is 22.4 Å². The molecule has 1 aromatic carbocycles. The van der Waals surface area contributed by atoms with Gasteiger partial charge in [0.2, 0.25) is 5.13 Å². The van der Waals surface area contributed by atoms with E-state index in [-0.39, 0.29) is 12.0 Å². The van der Waals surface area contributed by atoms with Gasteiger partial charge in [-0.3, -0.25) is 10.1 Å². The fourth-order valence-electron chi connectivity index (χ4n) is 2.09. The third-order valence-corrected chi connectivity index (χ3v) is 4.70. The fourth-order valence-corrected chi connectivity index (χ4v) is 2.86. The molecule has 8 heteroatoms. The van der Waals surface area contributed by atoms with Crippen molar-refractivity contribution in [2.45, 2.75) is 26.9 Å². The van der Waals surface area contributed by atoms with Gasteiger partial charge in [-0.1, -0.05) is 11.3 Å². The number of hydrogen-bond donors (Lipinski definition) is 1. The molecule has 2 aromatic heterocycles. The molecule has 0 aliphatic carbocycles. The molecule has 2 heterocycles. The Balaban J connectivity index is 1.83. The van der Waals surface area contributed by atoms with Crippen LogP contribution >= 0.6 is 11.3 Å². The molecule has 0 aliphatic heterocycles. The number of fused-ring (bicyclic) bond motifs is 1. The van der Waals surface area contributed by atoms with Crippen molar-refractivity contribution in [1.29, 1.82) is 0 Å². The Morgan fingerprint density at radius 3 is 2.58 bits per heavy atom. The summed E-state index contributed by atoms with van der Waals surface area (Å²) < 4.78 is 5.19. The number of amides is 1. The van der Waals surface area contributed by atoms with Crippen LogP contribution < -0.4 is 5.32 Å². The number of rotatable bonds is 4. The van der Waals surface area contributed by atoms with Crippen LogP contribution in [0.25, 0.3) is 11.0 Å². The van der Waals surface area contributed by atoms with E-state index in [4.69, 9.17) is 4.74 Å². The zero-order valence-corrected chi connectivity index (χ0v) is 14.6. The predicted octanol–water partition coefficient (Wildman–Crippen LogP) is 3.06. The van der Waals surface area contributed by atoms with Gasteiger partial charge in [-0.25, -0.2) is 9.97 Å². The molecule has 0 fully saturated rings. The van der Waals surface area contributed by atoms with E-state index in [9.17, 15) is 4.79 Å². The summed E-state index contributed by atoms with van der Waals surface area (Å²) in [5.41, 5.74) is 3.69. The molecule has 3 aromatic rings. The molecule has 0 bridgehead atoms. The van der Waals surface area contributed by atoms with Gasteiger partial charge in [-0.2, -0.15) is 0 Å². The topological polar surface area (TPSA) is 89.9 Å². The van der Waals surface area contributed by atoms with Crippen LogP contribution in [-0.4, -0.2) is 33.2 Å². The van der Waals surface area contributed by atoms with Gasteiger partial charge < -0.3 is 4.74 Å². The zero-order chi connectivity index (χ0) is 17.3. The number of anilines is 1. The van der Waals surface area contributed by atoms with Gasteiger partial charge >= 0.3 is 0 Å². The van der Waals surface area contributed by atoms with E-state index in [0.717, 1.165) is 16.9 Å². The Bertz CT molecular complexity index is 909. The molecule has 1 amide bonds. The molecule has 1 atom stereocenters. The number of benzene rings is 1. The minimum Gasteiger partial charge on any atom is -0.374 e. The number of ether oxygens (including phenoxy) is 1. The number of hydrogen-bond acceptors (Lipinski definition) is 7. The van der Waals surface area contributed by atoms with E-state index in [0.29, 0.717) is 21.2 Å². The van der Waals surface area contributed by atoms with E-state index in [1.165, 1.54) is 11.3 Å². The van der Waals surface area contributed by atoms with Crippen LogP contribution in [0.4, 0.5) is 5.13 Å². The van der Waals surface area contributed by atoms with Gasteiger partial charge in [-0.05, 0) is 39.0 Å². The second-order valence-corrected chi connectivity index (χ2v) is 6.38. The van der Waals surface area contributed by atoms with E-state index in [2.05, 4.69) is 25.5 Å². The molecular formula is C16H17N5O2S. The van der Waals surface area contributed by atoms with Crippen LogP contribution in [-0.2, 0) is 4.74 Å². The SMILES string of the molecule is COC(C)c1nnc(NC(=O)c2ccc3nc(C)c(C)nc3c2)s1. The summed E-state index contributed by atoms with van der Waals surface area (Å²) in [7, 11) is 1.60. The molecule has 0 saturated heterocycles. The molecule has 0 saturated carbocycles. The van der Waals surface area contributed by atoms with Crippen molar-refractivity contribution >= 4 is 33.4 Å². The second kappa shape index (κ2) is 6.58. The van der Waals surface area contributed by atoms with Crippen molar-refractivity contribution in [1.82, 2.24) is 20.2 Å². The van der Waals surface area contributed by atoms with Crippen LogP contribution in [0.5, 0.6) is 0 Å². The smallest absolute Gasteiger partial charge is 0.257 e. The number of nitrogens with one attached hydrogen (secondary N) is 1. The van der Waals surface area contributed by atoms with Gasteiger partial charge in [0, 0.05) is 12.7 Å². The largest absolute Gasteiger partial charge is 0.374 e. The van der Waals surface area contributed by atoms with Crippen LogP contribution in [0.15, 0.2) is 18.2 Å². The van der Waals surface area contributed by atoms with Crippen molar-refractivity contribution in [3.8, 4) is 0 Å². The highest BCUT2D eigenvalue weighted by Gasteiger charge is 2.14. The Morgan fingerprint density at radius 2 is 1.88 bits per heavy atom. The highest BCUT2D eigenvalue weighted by Crippen LogP contribution is 2.24. The third-order valence-electron chi connectivity index (χ3n) is 3.70. The summed E-state index contributed by atoms with van der Waals surface area (Å²) in [5, 5.41) is 11.9. The van der Waals surface area contributed by atoms with E-state index in [1.54, 1.807) is 25.3 Å². The van der Waals surface area contributed by atoms with Crippen molar-refractivity contribution in [3.05, 3.63) is 40.2 Å². The first-order chi connectivity index (χ1) is 11.5. The summed E-state index contributed by atoms with van der Waals surface area (Å²) in [6, 6.07) is 5.24. The quantitative estimate of drug-likeness (QED) is 0.783. The normalized spacial score (nSPS) is 12.3. The predicted molar refractivity (Wildman–Crippen MR) is 92.3 cm³/mol. The van der Waals surface area contributed by atoms with Gasteiger partial charge in [0.15, 0.2) is 0 Å². The van der Waals surface area contributed by atoms with Crippen molar-refractivity contribution < 1.29 is 9.53 Å². The van der Waals surface area contributed by atoms with Crippen LogP contribution in [0.2, 0.25) is 0 Å². The lowest BCUT2D eigenvalue weighted by molar-refractivity contribution is 0.102. The average Bonchev–Trinajstić information content (AvgIpc) is 3.03. The van der Waals surface area contributed by atoms with Gasteiger partial charge in [0.25, 0.3) is 5.91 Å². The first-order valence-corrected chi connectivity index (χ1v) is 8.22. The third kappa shape index (κ3) is 3.24. The molecule has 1 unspecified atom stereocenters. The maximum absolute atomic E-state index is 12.4. The first-order valence-electron chi connectivity index (χ1n) is 7.40. The van der Waals surface area contributed by atoms with Crippen molar-refractivity contribution in [2.75, 3.05) is 12.4 Å². The van der Waals surface area contributed by atoms with Gasteiger partial charge in [0.1, 0.15) is 11.1 Å². The molecule has 0 spiro atoms. The Kier molecular flexibility index (Phi) is 4.50. The molecule has 7 nitrogen and oxygen atoms in total. The molecule has 0 radical (unpaired) electrons. The minimum atomic E-state index is -0.260. The number of carbonyl (C=O) groups excluding carboxylic acids is 1. The molecular weight excluding hydrogens is 326 g/mol. The highest BCUT2D eigenvalue weighted by atomic mass is 32.1. The Morgan fingerprint density at radius 1 is 1.17 bits per heavy atom. The number of aromatic nitrogens is 4. The lowest BCUT2D eigenvalue weighted by Gasteiger charge is -2.05. The van der Waals surface area contributed by atoms with E-state index >= 15 is 0 Å². The molecule has 1 N–H and O–H groups in total. The second-order valence-electron chi connectivity index (χ2n) is 5.38. The molecule has 3 rings (SSSR count). The Labute approximate surface area is 143 Å². The summed E-state index contributed by atoms with van der Waals surface area (Å²) >= 11 is 1.29. The van der Waals surface area contributed by atoms with Crippen molar-refractivity contribution in [2.24, 2.45) is 0 Å². The Hall–Kier alpha value is -2.45. The fraction of sp³-hybridized carbons (Fsp3) is 0.312. The lowest BCUT2D eigenvalue weighted by atomic mass is 10.1. The summed E-state index contributed by atoms with van der Waals surface area (Å²) in [6.07, 6.45) is -0.157. The number of nitrogens with zero attached hydrogens (tertiary/aromatic N) is 4. The van der Waals surface area contributed by atoms with E-state index < -0.39 is 0 Å². The summed E-state index contributed by atoms with van der Waals surface area (Å²) in [4.78, 5) is 21.3. The summed E-state index contributed by atoms with van der Waals surface area (Å²) in [5.74, 6) is -0.260. The maximum Gasteiger partial charge on any atom is 0.257 e. The number of carbonyl (C=O) groups is 1. The van der Waals surface area contributed by atoms with E-state index in [1.807, 2.05) is 20.8 Å². The molecule has 0 aliphatic rings. The van der Waals surface area contributed by atoms with Crippen LogP contribution in [0.3, 0.4) is 0 Å². The summed E-state index contributed by atoms with van der Waals surface area (Å²) in [6.45, 7) is 5.68. The monoisotopic (exact) mass is 343 g/mol. The van der Waals surface area contributed by atoms with Crippen LogP contribution in [0, 0.1) is 13.8 Å². The number of methoxy groups -OCH3 is 1. The average molecular weight is 343 g/mol. The van der Waals surface area contributed by atoms with Crippen molar-refractivity contribution in [3.63, 3.8) is 0 Å². The van der Waals surface area contributed by atoms with Crippen LogP contribution in [0.1, 0.15) is 39.8 Å². The number of aryl methyl sites for hydroxylation is 2. The standard InChI is InChI=1S/C16H17N5O2S/c1-8-9(2)18-13-7-11(5-6-12(13)17-8)14(22)19-16-21-20-15(24-16)10(3)23-4/h5-7,10H,1-4H3,(H,19,21,22). The lowest BCUT2D eigenvalue weighted by Crippen LogP contribution is -2.11.